The SMILES string of the molecule is Nc1ncnc2nn(Cc3cc4c(cc3Cl)OCO4)cc12. The Morgan fingerprint density at radius 1 is 1.24 bits per heavy atom. The predicted octanol–water partition coefficient (Wildman–Crippen LogP) is 1.84. The Morgan fingerprint density at radius 2 is 2.05 bits per heavy atom. The van der Waals surface area contributed by atoms with Crippen molar-refractivity contribution in [2.24, 2.45) is 0 Å². The van der Waals surface area contributed by atoms with E-state index in [0.29, 0.717) is 34.5 Å². The van der Waals surface area contributed by atoms with E-state index in [1.165, 1.54) is 6.33 Å². The molecule has 0 spiro atoms. The van der Waals surface area contributed by atoms with Gasteiger partial charge in [0, 0.05) is 17.3 Å². The molecule has 2 aromatic heterocycles. The summed E-state index contributed by atoms with van der Waals surface area (Å²) in [6.07, 6.45) is 3.19. The van der Waals surface area contributed by atoms with Crippen LogP contribution in [0.4, 0.5) is 5.82 Å². The number of ether oxygens (including phenoxy) is 2. The number of nitrogens with zero attached hydrogens (tertiary/aromatic N) is 4. The molecule has 0 unspecified atom stereocenters. The Balaban J connectivity index is 1.73. The highest BCUT2D eigenvalue weighted by molar-refractivity contribution is 6.31. The maximum atomic E-state index is 6.26. The minimum Gasteiger partial charge on any atom is -0.454 e. The van der Waals surface area contributed by atoms with Gasteiger partial charge in [0.05, 0.1) is 11.9 Å². The fraction of sp³-hybridized carbons (Fsp3) is 0.154. The largest absolute Gasteiger partial charge is 0.454 e. The third-order valence-corrected chi connectivity index (χ3v) is 3.62. The first-order valence-corrected chi connectivity index (χ1v) is 6.60. The van der Waals surface area contributed by atoms with E-state index in [-0.39, 0.29) is 6.79 Å². The summed E-state index contributed by atoms with van der Waals surface area (Å²) in [5, 5.41) is 5.67. The number of nitrogen functional groups attached to an aromatic ring is 1. The van der Waals surface area contributed by atoms with Crippen molar-refractivity contribution in [3.05, 3.63) is 35.2 Å². The summed E-state index contributed by atoms with van der Waals surface area (Å²) in [6.45, 7) is 0.693. The van der Waals surface area contributed by atoms with Gasteiger partial charge < -0.3 is 15.2 Å². The minimum atomic E-state index is 0.215. The zero-order valence-electron chi connectivity index (χ0n) is 10.8. The Hall–Kier alpha value is -2.54. The summed E-state index contributed by atoms with van der Waals surface area (Å²) in [4.78, 5) is 8.03. The molecule has 0 aliphatic carbocycles. The molecule has 4 rings (SSSR count). The minimum absolute atomic E-state index is 0.215. The van der Waals surface area contributed by atoms with Crippen molar-refractivity contribution in [3.63, 3.8) is 0 Å². The molecule has 1 aliphatic heterocycles. The van der Waals surface area contributed by atoms with Crippen LogP contribution in [0.2, 0.25) is 5.02 Å². The summed E-state index contributed by atoms with van der Waals surface area (Å²) in [5.74, 6) is 1.75. The third-order valence-electron chi connectivity index (χ3n) is 3.27. The highest BCUT2D eigenvalue weighted by Gasteiger charge is 2.17. The first kappa shape index (κ1) is 12.2. The van der Waals surface area contributed by atoms with Crippen molar-refractivity contribution in [3.8, 4) is 11.5 Å². The number of nitrogens with two attached hydrogens (primary N) is 1. The monoisotopic (exact) mass is 303 g/mol. The molecule has 21 heavy (non-hydrogen) atoms. The second-order valence-electron chi connectivity index (χ2n) is 4.62. The summed E-state index contributed by atoms with van der Waals surface area (Å²) < 4.78 is 12.4. The van der Waals surface area contributed by atoms with Crippen LogP contribution in [0.25, 0.3) is 11.0 Å². The summed E-state index contributed by atoms with van der Waals surface area (Å²) in [5.41, 5.74) is 7.23. The standard InChI is InChI=1S/C13H10ClN5O2/c14-9-2-11-10(20-6-21-11)1-7(9)3-19-4-8-12(15)16-5-17-13(8)18-19/h1-2,4-5H,3,6H2,(H2,15,16,17,18). The molecule has 106 valence electrons. The maximum absolute atomic E-state index is 6.26. The van der Waals surface area contributed by atoms with Gasteiger partial charge in [0.15, 0.2) is 17.1 Å². The number of rotatable bonds is 2. The van der Waals surface area contributed by atoms with E-state index in [4.69, 9.17) is 26.8 Å². The second kappa shape index (κ2) is 4.49. The average molecular weight is 304 g/mol. The number of halogens is 1. The Morgan fingerprint density at radius 3 is 2.86 bits per heavy atom. The van der Waals surface area contributed by atoms with Crippen LogP contribution >= 0.6 is 11.6 Å². The molecule has 0 fully saturated rings. The van der Waals surface area contributed by atoms with Crippen LogP contribution in [0.3, 0.4) is 0 Å². The molecule has 1 aliphatic rings. The van der Waals surface area contributed by atoms with Gasteiger partial charge in [-0.3, -0.25) is 4.68 Å². The van der Waals surface area contributed by atoms with Crippen molar-refractivity contribution in [2.45, 2.75) is 6.54 Å². The molecule has 1 aromatic carbocycles. The fourth-order valence-electron chi connectivity index (χ4n) is 2.24. The first-order valence-electron chi connectivity index (χ1n) is 6.22. The van der Waals surface area contributed by atoms with E-state index in [2.05, 4.69) is 15.1 Å². The van der Waals surface area contributed by atoms with Crippen LogP contribution in [-0.4, -0.2) is 26.5 Å². The number of anilines is 1. The smallest absolute Gasteiger partial charge is 0.231 e. The molecule has 0 amide bonds. The molecule has 0 atom stereocenters. The average Bonchev–Trinajstić information content (AvgIpc) is 3.06. The maximum Gasteiger partial charge on any atom is 0.231 e. The summed E-state index contributed by atoms with van der Waals surface area (Å²) in [7, 11) is 0. The molecule has 2 N–H and O–H groups in total. The van der Waals surface area contributed by atoms with Crippen LogP contribution in [0, 0.1) is 0 Å². The Labute approximate surface area is 124 Å². The number of aromatic nitrogens is 4. The van der Waals surface area contributed by atoms with Gasteiger partial charge in [0.1, 0.15) is 12.1 Å². The number of fused-ring (bicyclic) bond motifs is 2. The fourth-order valence-corrected chi connectivity index (χ4v) is 2.45. The van der Waals surface area contributed by atoms with Gasteiger partial charge in [-0.2, -0.15) is 5.10 Å². The quantitative estimate of drug-likeness (QED) is 0.777. The van der Waals surface area contributed by atoms with Crippen LogP contribution < -0.4 is 15.2 Å². The van der Waals surface area contributed by atoms with Gasteiger partial charge in [-0.1, -0.05) is 11.6 Å². The van der Waals surface area contributed by atoms with Gasteiger partial charge in [0.25, 0.3) is 0 Å². The lowest BCUT2D eigenvalue weighted by Crippen LogP contribution is -2.01. The van der Waals surface area contributed by atoms with E-state index in [1.54, 1.807) is 16.9 Å². The lowest BCUT2D eigenvalue weighted by Gasteiger charge is -2.06. The van der Waals surface area contributed by atoms with Crippen molar-refractivity contribution in [2.75, 3.05) is 12.5 Å². The van der Waals surface area contributed by atoms with Crippen LogP contribution in [0.5, 0.6) is 11.5 Å². The van der Waals surface area contributed by atoms with E-state index < -0.39 is 0 Å². The Kier molecular flexibility index (Phi) is 2.61. The van der Waals surface area contributed by atoms with Crippen molar-refractivity contribution < 1.29 is 9.47 Å². The lowest BCUT2D eigenvalue weighted by molar-refractivity contribution is 0.174. The van der Waals surface area contributed by atoms with E-state index >= 15 is 0 Å². The zero-order valence-corrected chi connectivity index (χ0v) is 11.5. The van der Waals surface area contributed by atoms with Crippen molar-refractivity contribution in [1.29, 1.82) is 0 Å². The molecule has 7 nitrogen and oxygen atoms in total. The molecule has 0 radical (unpaired) electrons. The molecule has 0 saturated carbocycles. The van der Waals surface area contributed by atoms with E-state index in [1.807, 2.05) is 6.07 Å². The van der Waals surface area contributed by atoms with Gasteiger partial charge in [0.2, 0.25) is 6.79 Å². The van der Waals surface area contributed by atoms with E-state index in [0.717, 1.165) is 10.9 Å². The van der Waals surface area contributed by atoms with Gasteiger partial charge in [-0.25, -0.2) is 9.97 Å². The predicted molar refractivity (Wildman–Crippen MR) is 76.4 cm³/mol. The first-order chi connectivity index (χ1) is 10.2. The molecule has 0 saturated heterocycles. The molecule has 8 heteroatoms. The Bertz CT molecular complexity index is 848. The normalized spacial score (nSPS) is 13.0. The third kappa shape index (κ3) is 2.02. The van der Waals surface area contributed by atoms with Crippen LogP contribution in [0.1, 0.15) is 5.56 Å². The highest BCUT2D eigenvalue weighted by atomic mass is 35.5. The van der Waals surface area contributed by atoms with Gasteiger partial charge >= 0.3 is 0 Å². The molecule has 0 bridgehead atoms. The number of hydrogen-bond acceptors (Lipinski definition) is 6. The van der Waals surface area contributed by atoms with Crippen molar-refractivity contribution in [1.82, 2.24) is 19.7 Å². The second-order valence-corrected chi connectivity index (χ2v) is 5.03. The van der Waals surface area contributed by atoms with E-state index in [9.17, 15) is 0 Å². The van der Waals surface area contributed by atoms with Gasteiger partial charge in [-0.05, 0) is 11.6 Å². The molecular formula is C13H10ClN5O2. The lowest BCUT2D eigenvalue weighted by atomic mass is 10.2. The van der Waals surface area contributed by atoms with Crippen LogP contribution in [-0.2, 0) is 6.54 Å². The molecular weight excluding hydrogens is 294 g/mol. The topological polar surface area (TPSA) is 88.1 Å². The molecule has 3 heterocycles. The number of benzene rings is 1. The van der Waals surface area contributed by atoms with Crippen LogP contribution in [0.15, 0.2) is 24.7 Å². The van der Waals surface area contributed by atoms with Crippen molar-refractivity contribution >= 4 is 28.5 Å². The number of hydrogen-bond donors (Lipinski definition) is 1. The summed E-state index contributed by atoms with van der Waals surface area (Å²) in [6, 6.07) is 3.60. The van der Waals surface area contributed by atoms with Gasteiger partial charge in [-0.15, -0.1) is 0 Å². The zero-order chi connectivity index (χ0) is 14.4. The molecule has 3 aromatic rings. The summed E-state index contributed by atoms with van der Waals surface area (Å²) >= 11 is 6.26. The highest BCUT2D eigenvalue weighted by Crippen LogP contribution is 2.37.